The van der Waals surface area contributed by atoms with E-state index in [2.05, 4.69) is 29.2 Å². The molecule has 3 atom stereocenters. The summed E-state index contributed by atoms with van der Waals surface area (Å²) in [6.07, 6.45) is 8.86. The van der Waals surface area contributed by atoms with E-state index in [1.165, 1.54) is 51.6 Å². The lowest BCUT2D eigenvalue weighted by Gasteiger charge is -2.27. The number of nitrogens with zero attached hydrogens (tertiary/aromatic N) is 2. The molecule has 0 bridgehead atoms. The van der Waals surface area contributed by atoms with Crippen LogP contribution in [0.15, 0.2) is 0 Å². The average molecular weight is 281 g/mol. The lowest BCUT2D eigenvalue weighted by molar-refractivity contribution is 0.0247. The summed E-state index contributed by atoms with van der Waals surface area (Å²) in [4.78, 5) is 4.99. The fourth-order valence-corrected chi connectivity index (χ4v) is 3.64. The van der Waals surface area contributed by atoms with Gasteiger partial charge in [-0.15, -0.1) is 0 Å². The number of likely N-dealkylation sites (N-methyl/N-ethyl adjacent to an activating group) is 2. The van der Waals surface area contributed by atoms with Crippen molar-refractivity contribution in [3.8, 4) is 0 Å². The maximum absolute atomic E-state index is 6.18. The zero-order valence-electron chi connectivity index (χ0n) is 13.2. The van der Waals surface area contributed by atoms with Crippen molar-refractivity contribution >= 4 is 0 Å². The molecule has 3 rings (SSSR count). The minimum atomic E-state index is 0.456. The fourth-order valence-electron chi connectivity index (χ4n) is 3.64. The maximum atomic E-state index is 6.18. The Hall–Kier alpha value is -0.160. The van der Waals surface area contributed by atoms with Crippen molar-refractivity contribution in [3.05, 3.63) is 0 Å². The third kappa shape index (κ3) is 4.17. The van der Waals surface area contributed by atoms with Crippen LogP contribution in [0.25, 0.3) is 0 Å². The van der Waals surface area contributed by atoms with E-state index in [-0.39, 0.29) is 0 Å². The Kier molecular flexibility index (Phi) is 4.97. The van der Waals surface area contributed by atoms with E-state index in [1.54, 1.807) is 0 Å². The summed E-state index contributed by atoms with van der Waals surface area (Å²) in [7, 11) is 4.52. The molecule has 2 saturated heterocycles. The molecule has 0 aromatic rings. The van der Waals surface area contributed by atoms with Gasteiger partial charge in [-0.1, -0.05) is 0 Å². The molecule has 0 aromatic heterocycles. The van der Waals surface area contributed by atoms with E-state index >= 15 is 0 Å². The van der Waals surface area contributed by atoms with Gasteiger partial charge in [0.1, 0.15) is 0 Å². The lowest BCUT2D eigenvalue weighted by Crippen LogP contribution is -2.40. The van der Waals surface area contributed by atoms with Gasteiger partial charge in [-0.2, -0.15) is 0 Å². The van der Waals surface area contributed by atoms with Crippen LogP contribution in [0.3, 0.4) is 0 Å². The van der Waals surface area contributed by atoms with E-state index in [0.717, 1.165) is 25.2 Å². The van der Waals surface area contributed by atoms with Crippen LogP contribution in [-0.4, -0.2) is 74.4 Å². The molecule has 20 heavy (non-hydrogen) atoms. The molecule has 2 aliphatic heterocycles. The molecule has 4 nitrogen and oxygen atoms in total. The average Bonchev–Trinajstić information content (AvgIpc) is 3.02. The molecular weight excluding hydrogens is 250 g/mol. The number of hydrogen-bond acceptors (Lipinski definition) is 4. The monoisotopic (exact) mass is 281 g/mol. The van der Waals surface area contributed by atoms with Crippen LogP contribution in [0.1, 0.15) is 38.5 Å². The van der Waals surface area contributed by atoms with E-state index in [1.807, 2.05) is 0 Å². The quantitative estimate of drug-likeness (QED) is 0.761. The standard InChI is InChI=1S/C16H31N3O/c1-18(11-14-4-3-9-19(14)2)12-16-8-7-15(20-16)10-17-13-5-6-13/h13-17H,3-12H2,1-2H3. The van der Waals surface area contributed by atoms with Crippen LogP contribution in [0, 0.1) is 0 Å². The maximum Gasteiger partial charge on any atom is 0.0707 e. The number of hydrogen-bond donors (Lipinski definition) is 1. The van der Waals surface area contributed by atoms with Crippen LogP contribution in [0.5, 0.6) is 0 Å². The van der Waals surface area contributed by atoms with E-state index in [9.17, 15) is 0 Å². The normalized spacial score (nSPS) is 35.2. The number of rotatable bonds is 7. The first-order valence-electron chi connectivity index (χ1n) is 8.48. The Balaban J connectivity index is 1.33. The summed E-state index contributed by atoms with van der Waals surface area (Å²) >= 11 is 0. The van der Waals surface area contributed by atoms with E-state index < -0.39 is 0 Å². The largest absolute Gasteiger partial charge is 0.372 e. The van der Waals surface area contributed by atoms with Gasteiger partial charge < -0.3 is 19.9 Å². The Morgan fingerprint density at radius 1 is 1.10 bits per heavy atom. The van der Waals surface area contributed by atoms with Gasteiger partial charge in [-0.25, -0.2) is 0 Å². The predicted molar refractivity (Wildman–Crippen MR) is 82.1 cm³/mol. The van der Waals surface area contributed by atoms with Crippen molar-refractivity contribution < 1.29 is 4.74 Å². The second-order valence-corrected chi connectivity index (χ2v) is 7.14. The van der Waals surface area contributed by atoms with Crippen molar-refractivity contribution in [3.63, 3.8) is 0 Å². The third-order valence-corrected chi connectivity index (χ3v) is 5.12. The van der Waals surface area contributed by atoms with Crippen molar-refractivity contribution in [2.45, 2.75) is 62.8 Å². The van der Waals surface area contributed by atoms with Crippen LogP contribution in [0.4, 0.5) is 0 Å². The second kappa shape index (κ2) is 6.73. The van der Waals surface area contributed by atoms with Gasteiger partial charge in [-0.3, -0.25) is 0 Å². The van der Waals surface area contributed by atoms with Crippen LogP contribution >= 0.6 is 0 Å². The Labute approximate surface area is 123 Å². The highest BCUT2D eigenvalue weighted by Gasteiger charge is 2.29. The number of likely N-dealkylation sites (tertiary alicyclic amines) is 1. The van der Waals surface area contributed by atoms with Gasteiger partial charge in [0.2, 0.25) is 0 Å². The molecule has 1 saturated carbocycles. The van der Waals surface area contributed by atoms with Crippen LogP contribution in [0.2, 0.25) is 0 Å². The number of nitrogens with one attached hydrogen (secondary N) is 1. The zero-order valence-corrected chi connectivity index (χ0v) is 13.2. The molecule has 1 aliphatic carbocycles. The molecule has 2 heterocycles. The van der Waals surface area contributed by atoms with E-state index in [4.69, 9.17) is 4.74 Å². The lowest BCUT2D eigenvalue weighted by atomic mass is 10.1. The molecule has 1 N–H and O–H groups in total. The van der Waals surface area contributed by atoms with Gasteiger partial charge in [0.05, 0.1) is 12.2 Å². The summed E-state index contributed by atoms with van der Waals surface area (Å²) in [5.74, 6) is 0. The SMILES string of the molecule is CN(CC1CCC(CNC2CC2)O1)CC1CCCN1C. The minimum absolute atomic E-state index is 0.456. The first-order chi connectivity index (χ1) is 9.70. The highest BCUT2D eigenvalue weighted by Crippen LogP contribution is 2.23. The zero-order chi connectivity index (χ0) is 13.9. The van der Waals surface area contributed by atoms with Gasteiger partial charge in [0.25, 0.3) is 0 Å². The first kappa shape index (κ1) is 14.8. The molecule has 3 fully saturated rings. The summed E-state index contributed by atoms with van der Waals surface area (Å²) in [6.45, 7) is 4.63. The summed E-state index contributed by atoms with van der Waals surface area (Å²) < 4.78 is 6.18. The van der Waals surface area contributed by atoms with Gasteiger partial charge >= 0.3 is 0 Å². The molecular formula is C16H31N3O. The predicted octanol–water partition coefficient (Wildman–Crippen LogP) is 1.31. The van der Waals surface area contributed by atoms with Crippen LogP contribution < -0.4 is 5.32 Å². The molecule has 0 radical (unpaired) electrons. The van der Waals surface area contributed by atoms with Crippen molar-refractivity contribution in [2.75, 3.05) is 40.3 Å². The fraction of sp³-hybridized carbons (Fsp3) is 1.00. The second-order valence-electron chi connectivity index (χ2n) is 7.14. The smallest absolute Gasteiger partial charge is 0.0707 e. The summed E-state index contributed by atoms with van der Waals surface area (Å²) in [5.41, 5.74) is 0. The van der Waals surface area contributed by atoms with E-state index in [0.29, 0.717) is 12.2 Å². The first-order valence-corrected chi connectivity index (χ1v) is 8.48. The van der Waals surface area contributed by atoms with Crippen LogP contribution in [-0.2, 0) is 4.74 Å². The molecule has 0 spiro atoms. The Morgan fingerprint density at radius 3 is 2.60 bits per heavy atom. The third-order valence-electron chi connectivity index (χ3n) is 5.12. The molecule has 0 amide bonds. The summed E-state index contributed by atoms with van der Waals surface area (Å²) in [6, 6.07) is 1.56. The van der Waals surface area contributed by atoms with Gasteiger partial charge in [-0.05, 0) is 59.2 Å². The van der Waals surface area contributed by atoms with Crippen molar-refractivity contribution in [1.82, 2.24) is 15.1 Å². The van der Waals surface area contributed by atoms with Crippen molar-refractivity contribution in [1.29, 1.82) is 0 Å². The molecule has 116 valence electrons. The molecule has 0 aromatic carbocycles. The number of ether oxygens (including phenoxy) is 1. The highest BCUT2D eigenvalue weighted by atomic mass is 16.5. The van der Waals surface area contributed by atoms with Gasteiger partial charge in [0.15, 0.2) is 0 Å². The van der Waals surface area contributed by atoms with Gasteiger partial charge in [0, 0.05) is 31.7 Å². The molecule has 3 unspecified atom stereocenters. The molecule has 4 heteroatoms. The topological polar surface area (TPSA) is 27.7 Å². The Bertz CT molecular complexity index is 308. The molecule has 3 aliphatic rings. The minimum Gasteiger partial charge on any atom is -0.372 e. The Morgan fingerprint density at radius 2 is 1.90 bits per heavy atom. The highest BCUT2D eigenvalue weighted by molar-refractivity contribution is 4.85. The summed E-state index contributed by atoms with van der Waals surface area (Å²) in [5, 5.41) is 3.59. The van der Waals surface area contributed by atoms with Crippen molar-refractivity contribution in [2.24, 2.45) is 0 Å².